The van der Waals surface area contributed by atoms with Crippen LogP contribution in [0, 0.1) is 40.3 Å². The van der Waals surface area contributed by atoms with Gasteiger partial charge in [0.05, 0.1) is 16.6 Å². The van der Waals surface area contributed by atoms with Crippen LogP contribution in [0.15, 0.2) is 16.6 Å². The van der Waals surface area contributed by atoms with Crippen molar-refractivity contribution in [3.63, 3.8) is 0 Å². The lowest BCUT2D eigenvalue weighted by atomic mass is 9.50. The average Bonchev–Trinajstić information content (AvgIpc) is 2.46. The minimum absolute atomic E-state index is 0.0500. The van der Waals surface area contributed by atoms with Gasteiger partial charge in [0, 0.05) is 11.5 Å². The van der Waals surface area contributed by atoms with Crippen molar-refractivity contribution in [1.29, 1.82) is 5.26 Å². The van der Waals surface area contributed by atoms with Crippen LogP contribution in [0.4, 0.5) is 4.39 Å². The van der Waals surface area contributed by atoms with Crippen LogP contribution in [0.1, 0.15) is 44.1 Å². The standard InChI is InChI=1S/C18H19BrFNO/c19-15-4-14(9-21)16(20)5-17(15)22-10-18-6-11-1-12(7-18)3-13(2-11)8-18/h4-5,11-13H,1-3,6-8,10H2. The van der Waals surface area contributed by atoms with E-state index in [1.165, 1.54) is 50.7 Å². The van der Waals surface area contributed by atoms with Gasteiger partial charge in [-0.25, -0.2) is 4.39 Å². The van der Waals surface area contributed by atoms with Crippen molar-refractivity contribution in [2.45, 2.75) is 38.5 Å². The second-order valence-corrected chi connectivity index (χ2v) is 8.43. The van der Waals surface area contributed by atoms with Crippen LogP contribution in [0.3, 0.4) is 0 Å². The van der Waals surface area contributed by atoms with E-state index in [2.05, 4.69) is 15.9 Å². The van der Waals surface area contributed by atoms with E-state index in [1.807, 2.05) is 6.07 Å². The maximum atomic E-state index is 13.8. The van der Waals surface area contributed by atoms with Gasteiger partial charge in [0.25, 0.3) is 0 Å². The molecule has 4 fully saturated rings. The van der Waals surface area contributed by atoms with E-state index in [0.717, 1.165) is 17.8 Å². The van der Waals surface area contributed by atoms with Gasteiger partial charge in [-0.1, -0.05) is 0 Å². The van der Waals surface area contributed by atoms with Crippen molar-refractivity contribution >= 4 is 15.9 Å². The zero-order valence-electron chi connectivity index (χ0n) is 12.4. The quantitative estimate of drug-likeness (QED) is 0.752. The number of hydrogen-bond donors (Lipinski definition) is 0. The average molecular weight is 364 g/mol. The Bertz CT molecular complexity index is 616. The summed E-state index contributed by atoms with van der Waals surface area (Å²) < 4.78 is 20.5. The summed E-state index contributed by atoms with van der Waals surface area (Å²) >= 11 is 3.39. The number of ether oxygens (including phenoxy) is 1. The van der Waals surface area contributed by atoms with Crippen LogP contribution in [0.25, 0.3) is 0 Å². The summed E-state index contributed by atoms with van der Waals surface area (Å²) in [5, 5.41) is 8.87. The Morgan fingerprint density at radius 1 is 1.18 bits per heavy atom. The fourth-order valence-corrected chi connectivity index (χ4v) is 5.88. The van der Waals surface area contributed by atoms with Gasteiger partial charge < -0.3 is 4.74 Å². The van der Waals surface area contributed by atoms with E-state index in [-0.39, 0.29) is 5.56 Å². The van der Waals surface area contributed by atoms with E-state index in [1.54, 1.807) is 0 Å². The van der Waals surface area contributed by atoms with Crippen molar-refractivity contribution in [2.24, 2.45) is 23.2 Å². The highest BCUT2D eigenvalue weighted by Crippen LogP contribution is 2.60. The van der Waals surface area contributed by atoms with Crippen molar-refractivity contribution in [3.8, 4) is 11.8 Å². The summed E-state index contributed by atoms with van der Waals surface area (Å²) in [7, 11) is 0. The van der Waals surface area contributed by atoms with Gasteiger partial charge in [0.1, 0.15) is 17.6 Å². The fraction of sp³-hybridized carbons (Fsp3) is 0.611. The molecule has 0 amide bonds. The molecule has 0 N–H and O–H groups in total. The minimum atomic E-state index is -0.508. The molecule has 0 radical (unpaired) electrons. The summed E-state index contributed by atoms with van der Waals surface area (Å²) in [5.41, 5.74) is 0.354. The monoisotopic (exact) mass is 363 g/mol. The molecule has 0 aromatic heterocycles. The predicted octanol–water partition coefficient (Wildman–Crippen LogP) is 5.06. The highest BCUT2D eigenvalue weighted by molar-refractivity contribution is 9.10. The summed E-state index contributed by atoms with van der Waals surface area (Å²) in [6.45, 7) is 0.681. The Morgan fingerprint density at radius 2 is 1.77 bits per heavy atom. The lowest BCUT2D eigenvalue weighted by molar-refractivity contribution is -0.0746. The first-order chi connectivity index (χ1) is 10.6. The maximum absolute atomic E-state index is 13.8. The van der Waals surface area contributed by atoms with Crippen LogP contribution in [-0.2, 0) is 0 Å². The number of hydrogen-bond acceptors (Lipinski definition) is 2. The van der Waals surface area contributed by atoms with E-state index >= 15 is 0 Å². The smallest absolute Gasteiger partial charge is 0.144 e. The third-order valence-corrected chi connectivity index (χ3v) is 6.46. The van der Waals surface area contributed by atoms with E-state index in [4.69, 9.17) is 10.00 Å². The van der Waals surface area contributed by atoms with Crippen molar-refractivity contribution in [3.05, 3.63) is 28.0 Å². The first-order valence-electron chi connectivity index (χ1n) is 8.09. The number of nitrogens with zero attached hydrogens (tertiary/aromatic N) is 1. The molecule has 2 nitrogen and oxygen atoms in total. The van der Waals surface area contributed by atoms with Crippen molar-refractivity contribution in [1.82, 2.24) is 0 Å². The molecule has 0 unspecified atom stereocenters. The highest BCUT2D eigenvalue weighted by Gasteiger charge is 2.51. The highest BCUT2D eigenvalue weighted by atomic mass is 79.9. The minimum Gasteiger partial charge on any atom is -0.492 e. The Kier molecular flexibility index (Phi) is 3.45. The maximum Gasteiger partial charge on any atom is 0.144 e. The third-order valence-electron chi connectivity index (χ3n) is 5.84. The lowest BCUT2D eigenvalue weighted by Gasteiger charge is -2.56. The van der Waals surface area contributed by atoms with E-state index < -0.39 is 5.82 Å². The van der Waals surface area contributed by atoms with Gasteiger partial charge in [0.15, 0.2) is 0 Å². The first kappa shape index (κ1) is 14.5. The number of halogens is 2. The zero-order chi connectivity index (χ0) is 15.3. The molecule has 0 aliphatic heterocycles. The fourth-order valence-electron chi connectivity index (χ4n) is 5.42. The molecule has 5 rings (SSSR count). The topological polar surface area (TPSA) is 33.0 Å². The summed E-state index contributed by atoms with van der Waals surface area (Å²) in [6.07, 6.45) is 8.05. The van der Waals surface area contributed by atoms with Crippen molar-refractivity contribution < 1.29 is 9.13 Å². The Labute approximate surface area is 138 Å². The second kappa shape index (κ2) is 5.23. The van der Waals surface area contributed by atoms with Crippen LogP contribution in [0.2, 0.25) is 0 Å². The normalized spacial score (nSPS) is 35.4. The van der Waals surface area contributed by atoms with Crippen LogP contribution in [-0.4, -0.2) is 6.61 Å². The summed E-state index contributed by atoms with van der Waals surface area (Å²) in [5.74, 6) is 2.67. The number of nitriles is 1. The SMILES string of the molecule is N#Cc1cc(Br)c(OCC23CC4CC(CC(C4)C2)C3)cc1F. The molecule has 22 heavy (non-hydrogen) atoms. The summed E-state index contributed by atoms with van der Waals surface area (Å²) in [4.78, 5) is 0. The van der Waals surface area contributed by atoms with Crippen LogP contribution < -0.4 is 4.74 Å². The molecule has 0 saturated heterocycles. The van der Waals surface area contributed by atoms with Crippen LogP contribution >= 0.6 is 15.9 Å². The molecule has 0 spiro atoms. The Hall–Kier alpha value is -1.08. The molecule has 1 aromatic rings. The zero-order valence-corrected chi connectivity index (χ0v) is 14.0. The van der Waals surface area contributed by atoms with Gasteiger partial charge in [-0.3, -0.25) is 0 Å². The van der Waals surface area contributed by atoms with Gasteiger partial charge in [-0.05, 0) is 78.3 Å². The van der Waals surface area contributed by atoms with Gasteiger partial charge in [-0.15, -0.1) is 0 Å². The molecule has 0 heterocycles. The van der Waals surface area contributed by atoms with Gasteiger partial charge >= 0.3 is 0 Å². The molecule has 4 aliphatic carbocycles. The third kappa shape index (κ3) is 2.44. The first-order valence-corrected chi connectivity index (χ1v) is 8.88. The molecule has 4 saturated carbocycles. The van der Waals surface area contributed by atoms with Crippen molar-refractivity contribution in [2.75, 3.05) is 6.61 Å². The van der Waals surface area contributed by atoms with Gasteiger partial charge in [0.2, 0.25) is 0 Å². The molecule has 4 bridgehead atoms. The Morgan fingerprint density at radius 3 is 2.32 bits per heavy atom. The molecule has 4 heteroatoms. The molecule has 4 aliphatic rings. The van der Waals surface area contributed by atoms with E-state index in [9.17, 15) is 4.39 Å². The molecule has 1 aromatic carbocycles. The van der Waals surface area contributed by atoms with Crippen LogP contribution in [0.5, 0.6) is 5.75 Å². The number of benzene rings is 1. The second-order valence-electron chi connectivity index (χ2n) is 7.58. The Balaban J connectivity index is 1.51. The molecule has 116 valence electrons. The summed E-state index contributed by atoms with van der Waals surface area (Å²) in [6, 6.07) is 4.69. The molecular formula is C18H19BrFNO. The lowest BCUT2D eigenvalue weighted by Crippen LogP contribution is -2.48. The largest absolute Gasteiger partial charge is 0.492 e. The molecule has 0 atom stereocenters. The predicted molar refractivity (Wildman–Crippen MR) is 84.9 cm³/mol. The molecular weight excluding hydrogens is 345 g/mol. The van der Waals surface area contributed by atoms with Gasteiger partial charge in [-0.2, -0.15) is 5.26 Å². The number of rotatable bonds is 3. The van der Waals surface area contributed by atoms with E-state index in [0.29, 0.717) is 22.2 Å².